The Morgan fingerprint density at radius 1 is 1.11 bits per heavy atom. The molecule has 104 valence electrons. The summed E-state index contributed by atoms with van der Waals surface area (Å²) < 4.78 is 1.37. The van der Waals surface area contributed by atoms with E-state index in [1.165, 1.54) is 54.3 Å². The van der Waals surface area contributed by atoms with Gasteiger partial charge in [-0.1, -0.05) is 39.0 Å². The highest BCUT2D eigenvalue weighted by Crippen LogP contribution is 2.24. The normalized spacial score (nSPS) is 12.7. The summed E-state index contributed by atoms with van der Waals surface area (Å²) in [4.78, 5) is 0. The first-order chi connectivity index (χ1) is 9.29. The lowest BCUT2D eigenvalue weighted by atomic mass is 10.1. The molecule has 1 aromatic heterocycles. The van der Waals surface area contributed by atoms with Crippen LogP contribution in [0.4, 0.5) is 5.69 Å². The summed E-state index contributed by atoms with van der Waals surface area (Å²) in [6.45, 7) is 4.56. The fourth-order valence-corrected chi connectivity index (χ4v) is 3.24. The summed E-state index contributed by atoms with van der Waals surface area (Å²) in [6.07, 6.45) is 8.10. The monoisotopic (exact) mass is 275 g/mol. The summed E-state index contributed by atoms with van der Waals surface area (Å²) in [5.41, 5.74) is 1.26. The second-order valence-corrected chi connectivity index (χ2v) is 6.37. The molecule has 2 rings (SSSR count). The first-order valence-electron chi connectivity index (χ1n) is 7.53. The number of unbranched alkanes of at least 4 members (excludes halogenated alkanes) is 4. The van der Waals surface area contributed by atoms with E-state index in [0.29, 0.717) is 6.04 Å². The Kier molecular flexibility index (Phi) is 5.71. The van der Waals surface area contributed by atoms with Gasteiger partial charge in [0.25, 0.3) is 0 Å². The van der Waals surface area contributed by atoms with Gasteiger partial charge >= 0.3 is 0 Å². The molecule has 0 aliphatic carbocycles. The fourth-order valence-electron chi connectivity index (χ4n) is 2.47. The Labute approximate surface area is 121 Å². The number of benzene rings is 1. The molecule has 0 aliphatic rings. The van der Waals surface area contributed by atoms with Gasteiger partial charge in [-0.15, -0.1) is 11.3 Å². The Hall–Kier alpha value is -1.02. The van der Waals surface area contributed by atoms with Crippen molar-refractivity contribution >= 4 is 27.1 Å². The van der Waals surface area contributed by atoms with E-state index in [1.54, 1.807) is 0 Å². The van der Waals surface area contributed by atoms with Crippen LogP contribution in [0.15, 0.2) is 29.6 Å². The lowest BCUT2D eigenvalue weighted by molar-refractivity contribution is 0.578. The molecule has 0 aliphatic heterocycles. The van der Waals surface area contributed by atoms with Gasteiger partial charge in [0.15, 0.2) is 0 Å². The van der Waals surface area contributed by atoms with Crippen LogP contribution < -0.4 is 5.32 Å². The molecule has 1 heterocycles. The highest BCUT2D eigenvalue weighted by atomic mass is 32.1. The van der Waals surface area contributed by atoms with Crippen LogP contribution in [0.5, 0.6) is 0 Å². The van der Waals surface area contributed by atoms with Crippen LogP contribution in [-0.2, 0) is 0 Å². The van der Waals surface area contributed by atoms with E-state index in [4.69, 9.17) is 0 Å². The summed E-state index contributed by atoms with van der Waals surface area (Å²) in [6, 6.07) is 9.45. The average molecular weight is 275 g/mol. The fraction of sp³-hybridized carbons (Fsp3) is 0.529. The van der Waals surface area contributed by atoms with E-state index in [0.717, 1.165) is 0 Å². The largest absolute Gasteiger partial charge is 0.383 e. The van der Waals surface area contributed by atoms with Gasteiger partial charge in [-0.05, 0) is 48.4 Å². The summed E-state index contributed by atoms with van der Waals surface area (Å²) in [5.74, 6) is 0. The lowest BCUT2D eigenvalue weighted by Gasteiger charge is -2.15. The Balaban J connectivity index is 1.76. The molecular weight excluding hydrogens is 250 g/mol. The van der Waals surface area contributed by atoms with E-state index >= 15 is 0 Å². The number of nitrogens with one attached hydrogen (secondary N) is 1. The van der Waals surface area contributed by atoms with Crippen molar-refractivity contribution in [2.24, 2.45) is 0 Å². The zero-order valence-electron chi connectivity index (χ0n) is 12.1. The number of rotatable bonds is 8. The molecule has 2 heteroatoms. The van der Waals surface area contributed by atoms with Gasteiger partial charge < -0.3 is 5.32 Å². The molecule has 0 fully saturated rings. The third kappa shape index (κ3) is 4.54. The summed E-state index contributed by atoms with van der Waals surface area (Å²) in [7, 11) is 0. The molecule has 0 saturated carbocycles. The third-order valence-electron chi connectivity index (χ3n) is 3.61. The SMILES string of the molecule is CCCCCCCC(C)Nc1ccc2sccc2c1. The molecule has 0 bridgehead atoms. The molecule has 0 saturated heterocycles. The van der Waals surface area contributed by atoms with E-state index in [9.17, 15) is 0 Å². The molecule has 0 amide bonds. The van der Waals surface area contributed by atoms with Crippen molar-refractivity contribution in [1.82, 2.24) is 0 Å². The Bertz CT molecular complexity index is 489. The smallest absolute Gasteiger partial charge is 0.0349 e. The molecule has 1 aromatic carbocycles. The maximum atomic E-state index is 3.62. The van der Waals surface area contributed by atoms with Crippen molar-refractivity contribution in [3.05, 3.63) is 29.6 Å². The van der Waals surface area contributed by atoms with Crippen LogP contribution in [0, 0.1) is 0 Å². The minimum atomic E-state index is 0.567. The molecule has 19 heavy (non-hydrogen) atoms. The zero-order valence-corrected chi connectivity index (χ0v) is 12.9. The number of hydrogen-bond donors (Lipinski definition) is 1. The van der Waals surface area contributed by atoms with Crippen molar-refractivity contribution in [2.75, 3.05) is 5.32 Å². The molecule has 0 radical (unpaired) electrons. The Morgan fingerprint density at radius 2 is 1.95 bits per heavy atom. The van der Waals surface area contributed by atoms with Crippen molar-refractivity contribution in [2.45, 2.75) is 58.4 Å². The second-order valence-electron chi connectivity index (χ2n) is 5.42. The number of anilines is 1. The second kappa shape index (κ2) is 7.54. The van der Waals surface area contributed by atoms with Gasteiger partial charge in [-0.2, -0.15) is 0 Å². The van der Waals surface area contributed by atoms with Gasteiger partial charge in [0.05, 0.1) is 0 Å². The van der Waals surface area contributed by atoms with Crippen LogP contribution >= 0.6 is 11.3 Å². The molecule has 1 atom stereocenters. The molecule has 2 aromatic rings. The first kappa shape index (κ1) is 14.4. The molecule has 1 nitrogen and oxygen atoms in total. The standard InChI is InChI=1S/C17H25NS/c1-3-4-5-6-7-8-14(2)18-16-9-10-17-15(13-16)11-12-19-17/h9-14,18H,3-8H2,1-2H3. The van der Waals surface area contributed by atoms with Crippen molar-refractivity contribution in [3.63, 3.8) is 0 Å². The topological polar surface area (TPSA) is 12.0 Å². The maximum absolute atomic E-state index is 3.62. The van der Waals surface area contributed by atoms with E-state index in [-0.39, 0.29) is 0 Å². The number of fused-ring (bicyclic) bond motifs is 1. The van der Waals surface area contributed by atoms with Crippen LogP contribution in [0.1, 0.15) is 52.4 Å². The third-order valence-corrected chi connectivity index (χ3v) is 4.50. The van der Waals surface area contributed by atoms with Gasteiger partial charge in [-0.25, -0.2) is 0 Å². The molecule has 0 spiro atoms. The summed E-state index contributed by atoms with van der Waals surface area (Å²) >= 11 is 1.81. The highest BCUT2D eigenvalue weighted by Gasteiger charge is 2.03. The van der Waals surface area contributed by atoms with Crippen LogP contribution in [-0.4, -0.2) is 6.04 Å². The predicted octanol–water partition coefficient (Wildman–Crippen LogP) is 6.06. The number of hydrogen-bond acceptors (Lipinski definition) is 2. The van der Waals surface area contributed by atoms with Crippen LogP contribution in [0.25, 0.3) is 10.1 Å². The van der Waals surface area contributed by atoms with Crippen LogP contribution in [0.2, 0.25) is 0 Å². The van der Waals surface area contributed by atoms with Gasteiger partial charge in [0.2, 0.25) is 0 Å². The van der Waals surface area contributed by atoms with Gasteiger partial charge in [-0.3, -0.25) is 0 Å². The minimum Gasteiger partial charge on any atom is -0.383 e. The van der Waals surface area contributed by atoms with E-state index in [2.05, 4.69) is 48.8 Å². The zero-order chi connectivity index (χ0) is 13.5. The Morgan fingerprint density at radius 3 is 2.79 bits per heavy atom. The highest BCUT2D eigenvalue weighted by molar-refractivity contribution is 7.17. The lowest BCUT2D eigenvalue weighted by Crippen LogP contribution is -2.14. The molecular formula is C17H25NS. The molecule has 1 unspecified atom stereocenters. The average Bonchev–Trinajstić information content (AvgIpc) is 2.86. The van der Waals surface area contributed by atoms with Gasteiger partial charge in [0, 0.05) is 16.4 Å². The van der Waals surface area contributed by atoms with Crippen molar-refractivity contribution in [3.8, 4) is 0 Å². The maximum Gasteiger partial charge on any atom is 0.0349 e. The predicted molar refractivity (Wildman–Crippen MR) is 88.3 cm³/mol. The van der Waals surface area contributed by atoms with E-state index in [1.807, 2.05) is 11.3 Å². The van der Waals surface area contributed by atoms with E-state index < -0.39 is 0 Å². The van der Waals surface area contributed by atoms with Crippen molar-refractivity contribution < 1.29 is 0 Å². The molecule has 1 N–H and O–H groups in total. The first-order valence-corrected chi connectivity index (χ1v) is 8.41. The quantitative estimate of drug-likeness (QED) is 0.577. The number of thiophene rings is 1. The summed E-state index contributed by atoms with van der Waals surface area (Å²) in [5, 5.41) is 7.13. The van der Waals surface area contributed by atoms with Gasteiger partial charge in [0.1, 0.15) is 0 Å². The van der Waals surface area contributed by atoms with Crippen LogP contribution in [0.3, 0.4) is 0 Å². The minimum absolute atomic E-state index is 0.567. The van der Waals surface area contributed by atoms with Crippen molar-refractivity contribution in [1.29, 1.82) is 0 Å².